The van der Waals surface area contributed by atoms with Crippen molar-refractivity contribution in [2.45, 2.75) is 18.8 Å². The van der Waals surface area contributed by atoms with Gasteiger partial charge in [-0.05, 0) is 40.3 Å². The second-order valence-electron chi connectivity index (χ2n) is 4.32. The van der Waals surface area contributed by atoms with Gasteiger partial charge in [-0.3, -0.25) is 0 Å². The van der Waals surface area contributed by atoms with E-state index in [9.17, 15) is 0 Å². The molecule has 1 aliphatic rings. The van der Waals surface area contributed by atoms with E-state index < -0.39 is 0 Å². The monoisotopic (exact) mass is 289 g/mol. The van der Waals surface area contributed by atoms with Crippen LogP contribution in [0.15, 0.2) is 34.9 Å². The maximum Gasteiger partial charge on any atom is 0.161 e. The van der Waals surface area contributed by atoms with Gasteiger partial charge >= 0.3 is 0 Å². The van der Waals surface area contributed by atoms with Crippen LogP contribution in [-0.4, -0.2) is 9.97 Å². The van der Waals surface area contributed by atoms with Gasteiger partial charge in [0.1, 0.15) is 5.82 Å². The van der Waals surface area contributed by atoms with E-state index in [4.69, 9.17) is 5.73 Å². The standard InChI is InChI=1S/C13H12BrN3/c14-11-7-16-13(17-12(11)15)10-5-3-9(4-6-10)8-1-2-8/h3-8H,1-2H2,(H2,15,16,17). The summed E-state index contributed by atoms with van der Waals surface area (Å²) in [5.41, 5.74) is 8.17. The van der Waals surface area contributed by atoms with Crippen LogP contribution in [0.1, 0.15) is 24.3 Å². The molecule has 0 bridgehead atoms. The number of nitrogens with zero attached hydrogens (tertiary/aromatic N) is 2. The van der Waals surface area contributed by atoms with Gasteiger partial charge in [-0.15, -0.1) is 0 Å². The van der Waals surface area contributed by atoms with Crippen LogP contribution in [0.4, 0.5) is 5.82 Å². The molecule has 2 aromatic rings. The van der Waals surface area contributed by atoms with E-state index in [1.54, 1.807) is 6.20 Å². The lowest BCUT2D eigenvalue weighted by atomic mass is 10.1. The lowest BCUT2D eigenvalue weighted by Gasteiger charge is -2.04. The van der Waals surface area contributed by atoms with Crippen LogP contribution in [0, 0.1) is 0 Å². The van der Waals surface area contributed by atoms with Crippen LogP contribution in [0.25, 0.3) is 11.4 Å². The number of hydrogen-bond donors (Lipinski definition) is 1. The van der Waals surface area contributed by atoms with Gasteiger partial charge in [-0.1, -0.05) is 24.3 Å². The zero-order valence-electron chi connectivity index (χ0n) is 9.23. The fraction of sp³-hybridized carbons (Fsp3) is 0.231. The highest BCUT2D eigenvalue weighted by Crippen LogP contribution is 2.40. The minimum atomic E-state index is 0.473. The molecule has 1 heterocycles. The number of aromatic nitrogens is 2. The molecule has 1 saturated carbocycles. The Kier molecular flexibility index (Phi) is 2.59. The van der Waals surface area contributed by atoms with Crippen LogP contribution in [0.5, 0.6) is 0 Å². The third-order valence-electron chi connectivity index (χ3n) is 2.99. The number of nitrogen functional groups attached to an aromatic ring is 1. The zero-order valence-corrected chi connectivity index (χ0v) is 10.8. The molecule has 1 fully saturated rings. The first-order chi connectivity index (χ1) is 8.24. The van der Waals surface area contributed by atoms with Crippen LogP contribution in [0.3, 0.4) is 0 Å². The Labute approximate surface area is 108 Å². The highest BCUT2D eigenvalue weighted by molar-refractivity contribution is 9.10. The molecule has 3 rings (SSSR count). The second kappa shape index (κ2) is 4.11. The molecule has 0 amide bonds. The lowest BCUT2D eigenvalue weighted by molar-refractivity contribution is 1.12. The Morgan fingerprint density at radius 1 is 1.18 bits per heavy atom. The van der Waals surface area contributed by atoms with Gasteiger partial charge in [-0.2, -0.15) is 0 Å². The largest absolute Gasteiger partial charge is 0.383 e. The molecule has 4 heteroatoms. The van der Waals surface area contributed by atoms with Gasteiger partial charge in [0.05, 0.1) is 4.47 Å². The van der Waals surface area contributed by atoms with E-state index >= 15 is 0 Å². The summed E-state index contributed by atoms with van der Waals surface area (Å²) in [4.78, 5) is 8.51. The normalized spacial score (nSPS) is 14.9. The van der Waals surface area contributed by atoms with Crippen LogP contribution in [-0.2, 0) is 0 Å². The Balaban J connectivity index is 1.94. The van der Waals surface area contributed by atoms with Crippen LogP contribution < -0.4 is 5.73 Å². The van der Waals surface area contributed by atoms with E-state index in [2.05, 4.69) is 50.2 Å². The van der Waals surface area contributed by atoms with Crippen molar-refractivity contribution in [3.63, 3.8) is 0 Å². The highest BCUT2D eigenvalue weighted by atomic mass is 79.9. The number of hydrogen-bond acceptors (Lipinski definition) is 3. The number of benzene rings is 1. The van der Waals surface area contributed by atoms with E-state index in [0.29, 0.717) is 11.6 Å². The number of rotatable bonds is 2. The van der Waals surface area contributed by atoms with Crippen molar-refractivity contribution < 1.29 is 0 Å². The summed E-state index contributed by atoms with van der Waals surface area (Å²) in [5, 5.41) is 0. The van der Waals surface area contributed by atoms with E-state index in [1.165, 1.54) is 18.4 Å². The molecule has 2 N–H and O–H groups in total. The quantitative estimate of drug-likeness (QED) is 0.922. The molecule has 1 aromatic heterocycles. The molecule has 0 radical (unpaired) electrons. The summed E-state index contributed by atoms with van der Waals surface area (Å²) in [6.07, 6.45) is 4.33. The first-order valence-corrected chi connectivity index (χ1v) is 6.41. The molecule has 0 saturated heterocycles. The van der Waals surface area contributed by atoms with Crippen LogP contribution in [0.2, 0.25) is 0 Å². The Morgan fingerprint density at radius 2 is 1.88 bits per heavy atom. The maximum absolute atomic E-state index is 5.75. The van der Waals surface area contributed by atoms with Gasteiger partial charge in [0.15, 0.2) is 5.82 Å². The van der Waals surface area contributed by atoms with Gasteiger partial charge in [-0.25, -0.2) is 9.97 Å². The van der Waals surface area contributed by atoms with Crippen molar-refractivity contribution in [2.24, 2.45) is 0 Å². The predicted molar refractivity (Wildman–Crippen MR) is 71.6 cm³/mol. The summed E-state index contributed by atoms with van der Waals surface area (Å²) >= 11 is 3.29. The van der Waals surface area contributed by atoms with Crippen molar-refractivity contribution in [2.75, 3.05) is 5.73 Å². The first-order valence-electron chi connectivity index (χ1n) is 5.62. The molecule has 0 atom stereocenters. The van der Waals surface area contributed by atoms with Crippen LogP contribution >= 0.6 is 15.9 Å². The predicted octanol–water partition coefficient (Wildman–Crippen LogP) is 3.37. The maximum atomic E-state index is 5.75. The molecule has 1 aliphatic carbocycles. The smallest absolute Gasteiger partial charge is 0.161 e. The zero-order chi connectivity index (χ0) is 11.8. The summed E-state index contributed by atoms with van der Waals surface area (Å²) in [5.74, 6) is 1.93. The third-order valence-corrected chi connectivity index (χ3v) is 3.60. The van der Waals surface area contributed by atoms with Gasteiger partial charge in [0, 0.05) is 11.8 Å². The fourth-order valence-electron chi connectivity index (χ4n) is 1.84. The molecule has 0 aliphatic heterocycles. The van der Waals surface area contributed by atoms with Crippen molar-refractivity contribution in [3.05, 3.63) is 40.5 Å². The minimum Gasteiger partial charge on any atom is -0.383 e. The summed E-state index contributed by atoms with van der Waals surface area (Å²) in [6.45, 7) is 0. The fourth-order valence-corrected chi connectivity index (χ4v) is 2.03. The van der Waals surface area contributed by atoms with Gasteiger partial charge in [0.25, 0.3) is 0 Å². The van der Waals surface area contributed by atoms with Gasteiger partial charge in [0.2, 0.25) is 0 Å². The van der Waals surface area contributed by atoms with E-state index in [0.717, 1.165) is 16.0 Å². The Morgan fingerprint density at radius 3 is 2.47 bits per heavy atom. The topological polar surface area (TPSA) is 51.8 Å². The lowest BCUT2D eigenvalue weighted by Crippen LogP contribution is -1.96. The number of anilines is 1. The Hall–Kier alpha value is -1.42. The average molecular weight is 290 g/mol. The minimum absolute atomic E-state index is 0.473. The summed E-state index contributed by atoms with van der Waals surface area (Å²) in [7, 11) is 0. The molecular formula is C13H12BrN3. The van der Waals surface area contributed by atoms with Crippen molar-refractivity contribution >= 4 is 21.7 Å². The van der Waals surface area contributed by atoms with Crippen molar-refractivity contribution in [3.8, 4) is 11.4 Å². The molecule has 0 spiro atoms. The molecule has 86 valence electrons. The molecular weight excluding hydrogens is 278 g/mol. The van der Waals surface area contributed by atoms with E-state index in [-0.39, 0.29) is 0 Å². The summed E-state index contributed by atoms with van der Waals surface area (Å²) in [6, 6.07) is 8.45. The van der Waals surface area contributed by atoms with Crippen molar-refractivity contribution in [1.29, 1.82) is 0 Å². The Bertz CT molecular complexity index is 547. The third kappa shape index (κ3) is 2.17. The SMILES string of the molecule is Nc1nc(-c2ccc(C3CC3)cc2)ncc1Br. The number of nitrogens with two attached hydrogens (primary N) is 1. The van der Waals surface area contributed by atoms with Gasteiger partial charge < -0.3 is 5.73 Å². The molecule has 1 aromatic carbocycles. The molecule has 17 heavy (non-hydrogen) atoms. The second-order valence-corrected chi connectivity index (χ2v) is 5.18. The number of halogens is 1. The summed E-state index contributed by atoms with van der Waals surface area (Å²) < 4.78 is 0.732. The average Bonchev–Trinajstić information content (AvgIpc) is 3.17. The van der Waals surface area contributed by atoms with Crippen molar-refractivity contribution in [1.82, 2.24) is 9.97 Å². The molecule has 0 unspecified atom stereocenters. The van der Waals surface area contributed by atoms with E-state index in [1.807, 2.05) is 0 Å². The highest BCUT2D eigenvalue weighted by Gasteiger charge is 2.23. The molecule has 3 nitrogen and oxygen atoms in total. The first kappa shape index (κ1) is 10.7.